The number of hydrogen-bond donors (Lipinski definition) is 2. The molecule has 0 fully saturated rings. The molecule has 4 heteroatoms. The van der Waals surface area contributed by atoms with Crippen LogP contribution in [0.5, 0.6) is 0 Å². The van der Waals surface area contributed by atoms with Gasteiger partial charge in [-0.2, -0.15) is 0 Å². The average molecular weight is 247 g/mol. The van der Waals surface area contributed by atoms with E-state index in [1.165, 1.54) is 6.92 Å². The van der Waals surface area contributed by atoms with Crippen LogP contribution >= 0.6 is 0 Å². The molecule has 1 aromatic carbocycles. The number of hydrogen-bond acceptors (Lipinski definition) is 2. The van der Waals surface area contributed by atoms with E-state index in [9.17, 15) is 9.59 Å². The Hall–Kier alpha value is -2.10. The van der Waals surface area contributed by atoms with Crippen LogP contribution in [0.4, 0.5) is 0 Å². The molecule has 0 spiro atoms. The summed E-state index contributed by atoms with van der Waals surface area (Å²) in [5.74, 6) is -0.980. The van der Waals surface area contributed by atoms with Crippen molar-refractivity contribution in [2.45, 2.75) is 20.8 Å². The highest BCUT2D eigenvalue weighted by molar-refractivity contribution is 5.91. The lowest BCUT2D eigenvalue weighted by Gasteiger charge is -2.06. The molecule has 1 aromatic rings. The Balaban J connectivity index is 2.87. The van der Waals surface area contributed by atoms with E-state index < -0.39 is 5.97 Å². The summed E-state index contributed by atoms with van der Waals surface area (Å²) in [7, 11) is 0. The van der Waals surface area contributed by atoms with Gasteiger partial charge in [-0.15, -0.1) is 0 Å². The van der Waals surface area contributed by atoms with Gasteiger partial charge in [0.05, 0.1) is 5.56 Å². The van der Waals surface area contributed by atoms with E-state index in [1.807, 2.05) is 24.3 Å². The van der Waals surface area contributed by atoms with Crippen LogP contribution in [0.2, 0.25) is 0 Å². The highest BCUT2D eigenvalue weighted by Crippen LogP contribution is 2.17. The number of amides is 1. The summed E-state index contributed by atoms with van der Waals surface area (Å²) in [6.45, 7) is 5.49. The zero-order chi connectivity index (χ0) is 13.7. The lowest BCUT2D eigenvalue weighted by molar-refractivity contribution is -0.118. The van der Waals surface area contributed by atoms with Gasteiger partial charge < -0.3 is 10.4 Å². The minimum Gasteiger partial charge on any atom is -0.478 e. The van der Waals surface area contributed by atoms with Crippen molar-refractivity contribution in [1.82, 2.24) is 5.32 Å². The van der Waals surface area contributed by atoms with E-state index in [0.29, 0.717) is 12.1 Å². The van der Waals surface area contributed by atoms with Crippen molar-refractivity contribution < 1.29 is 14.7 Å². The molecule has 0 aliphatic rings. The van der Waals surface area contributed by atoms with Crippen molar-refractivity contribution in [2.24, 2.45) is 0 Å². The van der Waals surface area contributed by atoms with Crippen molar-refractivity contribution >= 4 is 18.0 Å². The van der Waals surface area contributed by atoms with Gasteiger partial charge in [0.1, 0.15) is 0 Å². The summed E-state index contributed by atoms with van der Waals surface area (Å²) in [5.41, 5.74) is 2.76. The average Bonchev–Trinajstić information content (AvgIpc) is 2.22. The van der Waals surface area contributed by atoms with Gasteiger partial charge in [0.15, 0.2) is 0 Å². The van der Waals surface area contributed by atoms with Crippen LogP contribution in [-0.2, 0) is 4.79 Å². The molecule has 0 aliphatic carbocycles. The molecule has 96 valence electrons. The third-order valence-corrected chi connectivity index (χ3v) is 2.55. The number of aryl methyl sites for hydroxylation is 2. The second-order valence-corrected chi connectivity index (χ2v) is 4.17. The maximum atomic E-state index is 11.0. The van der Waals surface area contributed by atoms with E-state index in [4.69, 9.17) is 5.11 Å². The van der Waals surface area contributed by atoms with Crippen LogP contribution in [-0.4, -0.2) is 23.5 Å². The Morgan fingerprint density at radius 3 is 2.28 bits per heavy atom. The van der Waals surface area contributed by atoms with Crippen LogP contribution in [0.3, 0.4) is 0 Å². The molecule has 0 saturated heterocycles. The van der Waals surface area contributed by atoms with Gasteiger partial charge in [0, 0.05) is 13.5 Å². The predicted octanol–water partition coefficient (Wildman–Crippen LogP) is 2.15. The first-order valence-corrected chi connectivity index (χ1v) is 5.67. The molecule has 0 aromatic heterocycles. The summed E-state index contributed by atoms with van der Waals surface area (Å²) in [6.07, 6.45) is 3.69. The van der Waals surface area contributed by atoms with Crippen LogP contribution in [0, 0.1) is 13.8 Å². The Morgan fingerprint density at radius 1 is 1.28 bits per heavy atom. The minimum absolute atomic E-state index is 0.0757. The lowest BCUT2D eigenvalue weighted by atomic mass is 9.99. The molecule has 18 heavy (non-hydrogen) atoms. The van der Waals surface area contributed by atoms with E-state index in [1.54, 1.807) is 13.8 Å². The van der Waals surface area contributed by atoms with E-state index in [-0.39, 0.29) is 5.91 Å². The van der Waals surface area contributed by atoms with Crippen molar-refractivity contribution in [1.29, 1.82) is 0 Å². The van der Waals surface area contributed by atoms with Crippen molar-refractivity contribution in [3.8, 4) is 0 Å². The zero-order valence-electron chi connectivity index (χ0n) is 10.8. The van der Waals surface area contributed by atoms with E-state index in [0.717, 1.165) is 16.7 Å². The molecule has 0 unspecified atom stereocenters. The number of carbonyl (C=O) groups is 2. The van der Waals surface area contributed by atoms with Gasteiger partial charge in [-0.1, -0.05) is 24.3 Å². The first kappa shape index (κ1) is 14.0. The van der Waals surface area contributed by atoms with Crippen LogP contribution < -0.4 is 5.32 Å². The van der Waals surface area contributed by atoms with Gasteiger partial charge in [-0.25, -0.2) is 4.79 Å². The Morgan fingerprint density at radius 2 is 1.83 bits per heavy atom. The molecular formula is C14H17NO3. The minimum atomic E-state index is -0.904. The van der Waals surface area contributed by atoms with Crippen LogP contribution in [0.1, 0.15) is 34.0 Å². The fourth-order valence-corrected chi connectivity index (χ4v) is 1.83. The number of rotatable bonds is 4. The second-order valence-electron chi connectivity index (χ2n) is 4.17. The standard InChI is InChI=1S/C14H17NO3/c1-9-7-12(5-4-6-15-11(3)16)8-10(2)13(9)14(17)18/h4-5,7-8H,6H2,1-3H3,(H,15,16)(H,17,18). The van der Waals surface area contributed by atoms with Gasteiger partial charge in [-0.05, 0) is 30.5 Å². The van der Waals surface area contributed by atoms with Crippen molar-refractivity contribution in [3.05, 3.63) is 40.5 Å². The summed E-state index contributed by atoms with van der Waals surface area (Å²) >= 11 is 0. The molecule has 0 saturated carbocycles. The van der Waals surface area contributed by atoms with Crippen LogP contribution in [0.25, 0.3) is 6.08 Å². The number of nitrogens with one attached hydrogen (secondary N) is 1. The fraction of sp³-hybridized carbons (Fsp3) is 0.286. The maximum Gasteiger partial charge on any atom is 0.336 e. The second kappa shape index (κ2) is 6.00. The number of carboxylic acids is 1. The monoisotopic (exact) mass is 247 g/mol. The van der Waals surface area contributed by atoms with Gasteiger partial charge in [0.2, 0.25) is 5.91 Å². The molecule has 0 radical (unpaired) electrons. The van der Waals surface area contributed by atoms with E-state index >= 15 is 0 Å². The molecular weight excluding hydrogens is 230 g/mol. The highest BCUT2D eigenvalue weighted by Gasteiger charge is 2.10. The predicted molar refractivity (Wildman–Crippen MR) is 70.6 cm³/mol. The van der Waals surface area contributed by atoms with Gasteiger partial charge in [-0.3, -0.25) is 4.79 Å². The summed E-state index contributed by atoms with van der Waals surface area (Å²) in [6, 6.07) is 3.64. The number of benzene rings is 1. The molecule has 0 aliphatic heterocycles. The molecule has 4 nitrogen and oxygen atoms in total. The first-order valence-electron chi connectivity index (χ1n) is 5.67. The molecule has 2 N–H and O–H groups in total. The molecule has 1 amide bonds. The zero-order valence-corrected chi connectivity index (χ0v) is 10.8. The molecule has 1 rings (SSSR count). The topological polar surface area (TPSA) is 66.4 Å². The lowest BCUT2D eigenvalue weighted by Crippen LogP contribution is -2.19. The number of carbonyl (C=O) groups excluding carboxylic acids is 1. The molecule has 0 heterocycles. The highest BCUT2D eigenvalue weighted by atomic mass is 16.4. The Bertz CT molecular complexity index is 481. The normalized spacial score (nSPS) is 10.6. The molecule has 0 atom stereocenters. The fourth-order valence-electron chi connectivity index (χ4n) is 1.83. The van der Waals surface area contributed by atoms with Gasteiger partial charge in [0.25, 0.3) is 0 Å². The summed E-state index contributed by atoms with van der Waals surface area (Å²) in [5, 5.41) is 11.7. The quantitative estimate of drug-likeness (QED) is 0.856. The van der Waals surface area contributed by atoms with Crippen molar-refractivity contribution in [3.63, 3.8) is 0 Å². The largest absolute Gasteiger partial charge is 0.478 e. The number of aromatic carboxylic acids is 1. The summed E-state index contributed by atoms with van der Waals surface area (Å²) in [4.78, 5) is 21.7. The number of carboxylic acid groups (broad SMARTS) is 1. The van der Waals surface area contributed by atoms with Gasteiger partial charge >= 0.3 is 5.97 Å². The van der Waals surface area contributed by atoms with Crippen LogP contribution in [0.15, 0.2) is 18.2 Å². The molecule has 0 bridgehead atoms. The summed E-state index contributed by atoms with van der Waals surface area (Å²) < 4.78 is 0. The van der Waals surface area contributed by atoms with E-state index in [2.05, 4.69) is 5.32 Å². The Labute approximate surface area is 106 Å². The Kier molecular flexibility index (Phi) is 4.66. The first-order chi connectivity index (χ1) is 8.41. The SMILES string of the molecule is CC(=O)NCC=Cc1cc(C)c(C(=O)O)c(C)c1. The van der Waals surface area contributed by atoms with Crippen molar-refractivity contribution in [2.75, 3.05) is 6.54 Å². The third kappa shape index (κ3) is 3.73. The maximum absolute atomic E-state index is 11.0. The third-order valence-electron chi connectivity index (χ3n) is 2.55. The smallest absolute Gasteiger partial charge is 0.336 e.